The molecule has 0 radical (unpaired) electrons. The van der Waals surface area contributed by atoms with Crippen LogP contribution in [0, 0.1) is 0 Å². The largest absolute Gasteiger partial charge is 0.489 e. The fourth-order valence-electron chi connectivity index (χ4n) is 4.03. The molecule has 3 aromatic rings. The Morgan fingerprint density at radius 2 is 1.95 bits per heavy atom. The van der Waals surface area contributed by atoms with Gasteiger partial charge in [-0.2, -0.15) is 0 Å². The molecule has 1 aromatic carbocycles. The van der Waals surface area contributed by atoms with Crippen LogP contribution in [0.4, 0.5) is 5.69 Å². The first-order valence-corrected chi connectivity index (χ1v) is 12.9. The number of anilines is 1. The first-order valence-electron chi connectivity index (χ1n) is 11.3. The Hall–Kier alpha value is -3.18. The van der Waals surface area contributed by atoms with E-state index in [4.69, 9.17) is 10.5 Å². The van der Waals surface area contributed by atoms with Crippen molar-refractivity contribution in [3.8, 4) is 0 Å². The van der Waals surface area contributed by atoms with E-state index >= 15 is 0 Å². The molecular formula is C22H26BN5O8S. The average molecular weight is 531 g/mol. The number of rotatable bonds is 10. The number of pyridine rings is 1. The number of ether oxygens (including phenoxy) is 1. The lowest BCUT2D eigenvalue weighted by atomic mass is 9.76. The average Bonchev–Trinajstić information content (AvgIpc) is 3.42. The number of Topliss-reactive ketones (excluding diaryl/α,β-unsaturated/α-hetero) is 1. The van der Waals surface area contributed by atoms with Gasteiger partial charge >= 0.3 is 7.12 Å². The van der Waals surface area contributed by atoms with Gasteiger partial charge in [-0.15, -0.1) is 0 Å². The van der Waals surface area contributed by atoms with Crippen LogP contribution in [0.25, 0.3) is 11.2 Å². The lowest BCUT2D eigenvalue weighted by molar-refractivity contribution is -0.0329. The number of nitrogens with two attached hydrogens (primary N) is 1. The van der Waals surface area contributed by atoms with Gasteiger partial charge in [-0.1, -0.05) is 30.3 Å². The number of hydrogen-bond acceptors (Lipinski definition) is 11. The maximum Gasteiger partial charge on any atom is 0.489 e. The third-order valence-corrected chi connectivity index (χ3v) is 7.06. The highest BCUT2D eigenvalue weighted by molar-refractivity contribution is 7.92. The van der Waals surface area contributed by atoms with E-state index in [-0.39, 0.29) is 36.2 Å². The molecule has 4 atom stereocenters. The third kappa shape index (κ3) is 5.88. The van der Waals surface area contributed by atoms with Crippen molar-refractivity contribution in [1.29, 1.82) is 0 Å². The van der Waals surface area contributed by atoms with Gasteiger partial charge in [0.15, 0.2) is 17.7 Å². The van der Waals surface area contributed by atoms with Crippen LogP contribution in [0.1, 0.15) is 29.4 Å². The first kappa shape index (κ1) is 26.9. The summed E-state index contributed by atoms with van der Waals surface area (Å²) in [7, 11) is -5.75. The fraction of sp³-hybridized carbons (Fsp3) is 0.318. The van der Waals surface area contributed by atoms with Gasteiger partial charge in [-0.3, -0.25) is 9.36 Å². The highest BCUT2D eigenvalue weighted by Gasteiger charge is 2.44. The number of hydrogen-bond donors (Lipinski definition) is 6. The SMILES string of the molecule is Nc1ccnc2c1ncn2[C@@H]1O[C@H](CNS(=O)(=O)/C=C/CCC(=O)c2ccccc2B(O)O)[C@@H](O)[C@H]1O. The van der Waals surface area contributed by atoms with Gasteiger partial charge in [-0.05, 0) is 17.9 Å². The molecule has 0 amide bonds. The number of carbonyl (C=O) groups is 1. The van der Waals surface area contributed by atoms with Crippen LogP contribution in [-0.2, 0) is 14.8 Å². The summed E-state index contributed by atoms with van der Waals surface area (Å²) in [4.78, 5) is 20.7. The van der Waals surface area contributed by atoms with E-state index in [1.54, 1.807) is 18.2 Å². The number of nitrogen functional groups attached to an aromatic ring is 1. The summed E-state index contributed by atoms with van der Waals surface area (Å²) in [6.45, 7) is -0.329. The summed E-state index contributed by atoms with van der Waals surface area (Å²) in [6, 6.07) is 7.61. The molecule has 1 aliphatic heterocycles. The van der Waals surface area contributed by atoms with E-state index in [0.717, 1.165) is 5.41 Å². The fourth-order valence-corrected chi connectivity index (χ4v) is 4.92. The van der Waals surface area contributed by atoms with Crippen molar-refractivity contribution in [2.24, 2.45) is 0 Å². The smallest absolute Gasteiger partial charge is 0.423 e. The van der Waals surface area contributed by atoms with Gasteiger partial charge in [0, 0.05) is 30.1 Å². The summed E-state index contributed by atoms with van der Waals surface area (Å²) in [5, 5.41) is 40.6. The molecule has 2 aromatic heterocycles. The molecule has 37 heavy (non-hydrogen) atoms. The minimum atomic E-state index is -3.95. The molecule has 0 aliphatic carbocycles. The molecule has 0 bridgehead atoms. The van der Waals surface area contributed by atoms with Crippen LogP contribution >= 0.6 is 0 Å². The number of benzene rings is 1. The van der Waals surface area contributed by atoms with Crippen LogP contribution in [0.2, 0.25) is 0 Å². The number of aliphatic hydroxyl groups is 2. The number of sulfonamides is 1. The van der Waals surface area contributed by atoms with Gasteiger partial charge in [0.25, 0.3) is 0 Å². The third-order valence-electron chi connectivity index (χ3n) is 5.94. The van der Waals surface area contributed by atoms with E-state index in [1.165, 1.54) is 35.3 Å². The topological polar surface area (TPSA) is 210 Å². The molecule has 0 unspecified atom stereocenters. The molecule has 13 nitrogen and oxygen atoms in total. The van der Waals surface area contributed by atoms with E-state index in [9.17, 15) is 33.5 Å². The molecule has 4 rings (SSSR count). The molecule has 1 fully saturated rings. The number of aromatic nitrogens is 3. The Kier molecular flexibility index (Phi) is 8.03. The normalized spacial score (nSPS) is 22.2. The molecule has 3 heterocycles. The standard InChI is InChI=1S/C22H26BN5O8S/c24-15-8-9-25-21-18(15)26-12-28(21)22-20(31)19(30)17(36-22)11-27-37(34,35)10-4-3-7-16(29)13-5-1-2-6-14(13)23(32)33/h1-2,4-6,8-10,12,17,19-20,22,27,30-33H,3,7,11H2,(H2,24,25)/b10-4+/t17-,19-,20-,22-/m1/s1. The van der Waals surface area contributed by atoms with Crippen molar-refractivity contribution in [2.45, 2.75) is 37.4 Å². The lowest BCUT2D eigenvalue weighted by Crippen LogP contribution is -2.39. The Labute approximate surface area is 212 Å². The van der Waals surface area contributed by atoms with Gasteiger partial charge in [0.2, 0.25) is 10.0 Å². The molecule has 196 valence electrons. The summed E-state index contributed by atoms with van der Waals surface area (Å²) in [5.41, 5.74) is 7.22. The van der Waals surface area contributed by atoms with Crippen LogP contribution < -0.4 is 15.9 Å². The zero-order valence-corrected chi connectivity index (χ0v) is 20.3. The molecule has 7 N–H and O–H groups in total. The molecule has 0 saturated carbocycles. The minimum Gasteiger partial charge on any atom is -0.423 e. The Bertz CT molecular complexity index is 1410. The van der Waals surface area contributed by atoms with Crippen LogP contribution in [0.3, 0.4) is 0 Å². The van der Waals surface area contributed by atoms with Crippen molar-refractivity contribution in [3.05, 3.63) is 59.9 Å². The predicted molar refractivity (Wildman–Crippen MR) is 134 cm³/mol. The zero-order chi connectivity index (χ0) is 26.7. The molecule has 15 heteroatoms. The highest BCUT2D eigenvalue weighted by atomic mass is 32.2. The Morgan fingerprint density at radius 1 is 1.19 bits per heavy atom. The van der Waals surface area contributed by atoms with Crippen molar-refractivity contribution in [1.82, 2.24) is 19.3 Å². The number of imidazole rings is 1. The number of fused-ring (bicyclic) bond motifs is 1. The van der Waals surface area contributed by atoms with Crippen molar-refractivity contribution < 1.29 is 38.2 Å². The Balaban J connectivity index is 1.33. The van der Waals surface area contributed by atoms with Gasteiger partial charge in [-0.25, -0.2) is 23.1 Å². The molecule has 0 spiro atoms. The quantitative estimate of drug-likeness (QED) is 0.130. The first-order chi connectivity index (χ1) is 17.6. The summed E-state index contributed by atoms with van der Waals surface area (Å²) < 4.78 is 34.2. The van der Waals surface area contributed by atoms with Crippen LogP contribution in [0.15, 0.2) is 54.3 Å². The second-order valence-electron chi connectivity index (χ2n) is 8.46. The number of nitrogens with one attached hydrogen (secondary N) is 1. The number of allylic oxidation sites excluding steroid dienone is 1. The van der Waals surface area contributed by atoms with Gasteiger partial charge in [0.1, 0.15) is 23.8 Å². The van der Waals surface area contributed by atoms with E-state index in [2.05, 4.69) is 14.7 Å². The predicted octanol–water partition coefficient (Wildman–Crippen LogP) is -1.59. The van der Waals surface area contributed by atoms with Gasteiger partial charge in [0.05, 0.1) is 12.0 Å². The van der Waals surface area contributed by atoms with E-state index < -0.39 is 41.7 Å². The maximum absolute atomic E-state index is 12.4. The summed E-state index contributed by atoms with van der Waals surface area (Å²) >= 11 is 0. The summed E-state index contributed by atoms with van der Waals surface area (Å²) in [5.74, 6) is -0.371. The lowest BCUT2D eigenvalue weighted by Gasteiger charge is -2.16. The number of carbonyl (C=O) groups excluding carboxylic acids is 1. The Morgan fingerprint density at radius 3 is 2.70 bits per heavy atom. The maximum atomic E-state index is 12.4. The minimum absolute atomic E-state index is 0.0501. The van der Waals surface area contributed by atoms with Crippen molar-refractivity contribution >= 4 is 45.2 Å². The van der Waals surface area contributed by atoms with Gasteiger partial charge < -0.3 is 30.7 Å². The van der Waals surface area contributed by atoms with E-state index in [1.807, 2.05) is 0 Å². The molecular weight excluding hydrogens is 505 g/mol. The van der Waals surface area contributed by atoms with Crippen molar-refractivity contribution in [2.75, 3.05) is 12.3 Å². The van der Waals surface area contributed by atoms with Crippen LogP contribution in [0.5, 0.6) is 0 Å². The summed E-state index contributed by atoms with van der Waals surface area (Å²) in [6.07, 6.45) is -0.746. The van der Waals surface area contributed by atoms with Crippen LogP contribution in [-0.4, -0.2) is 81.0 Å². The second-order valence-corrected chi connectivity index (χ2v) is 10.1. The second kappa shape index (κ2) is 11.1. The number of nitrogens with zero attached hydrogens (tertiary/aromatic N) is 3. The number of ketones is 1. The molecule has 1 saturated heterocycles. The highest BCUT2D eigenvalue weighted by Crippen LogP contribution is 2.32. The monoisotopic (exact) mass is 531 g/mol. The number of aliphatic hydroxyl groups excluding tert-OH is 2. The van der Waals surface area contributed by atoms with E-state index in [0.29, 0.717) is 16.9 Å². The zero-order valence-electron chi connectivity index (χ0n) is 19.5. The molecule has 1 aliphatic rings. The van der Waals surface area contributed by atoms with Crippen molar-refractivity contribution in [3.63, 3.8) is 0 Å².